The number of nitrogens with zero attached hydrogens (tertiary/aromatic N) is 4. The fourth-order valence-electron chi connectivity index (χ4n) is 3.36. The van der Waals surface area contributed by atoms with Gasteiger partial charge in [0, 0.05) is 24.1 Å². The number of phenols is 1. The Morgan fingerprint density at radius 2 is 2.08 bits per heavy atom. The minimum atomic E-state index is 0.372. The van der Waals surface area contributed by atoms with Crippen LogP contribution >= 0.6 is 11.5 Å². The van der Waals surface area contributed by atoms with Crippen molar-refractivity contribution in [1.82, 2.24) is 19.6 Å². The molecule has 1 fully saturated rings. The smallest absolute Gasteiger partial charge is 0.180 e. The number of likely N-dealkylation sites (tertiary alicyclic amines) is 1. The highest BCUT2D eigenvalue weighted by Crippen LogP contribution is 2.36. The quantitative estimate of drug-likeness (QED) is 0.770. The van der Waals surface area contributed by atoms with Crippen LogP contribution in [0.2, 0.25) is 0 Å². The Balaban J connectivity index is 1.43. The largest absolute Gasteiger partial charge is 0.508 e. The van der Waals surface area contributed by atoms with Crippen molar-refractivity contribution < 1.29 is 9.63 Å². The van der Waals surface area contributed by atoms with Gasteiger partial charge in [0.2, 0.25) is 0 Å². The van der Waals surface area contributed by atoms with Gasteiger partial charge < -0.3 is 9.63 Å². The van der Waals surface area contributed by atoms with Gasteiger partial charge in [-0.15, -0.1) is 5.10 Å². The maximum absolute atomic E-state index is 9.95. The maximum Gasteiger partial charge on any atom is 0.180 e. The summed E-state index contributed by atoms with van der Waals surface area (Å²) in [5.41, 5.74) is 2.88. The van der Waals surface area contributed by atoms with E-state index in [9.17, 15) is 5.11 Å². The zero-order valence-corrected chi connectivity index (χ0v) is 14.9. The van der Waals surface area contributed by atoms with E-state index in [0.717, 1.165) is 60.1 Å². The third-order valence-corrected chi connectivity index (χ3v) is 5.48. The van der Waals surface area contributed by atoms with Crippen molar-refractivity contribution in [1.29, 1.82) is 0 Å². The van der Waals surface area contributed by atoms with E-state index >= 15 is 0 Å². The van der Waals surface area contributed by atoms with E-state index < -0.39 is 0 Å². The highest BCUT2D eigenvalue weighted by atomic mass is 32.1. The van der Waals surface area contributed by atoms with Gasteiger partial charge in [-0.3, -0.25) is 4.90 Å². The zero-order valence-electron chi connectivity index (χ0n) is 14.1. The second-order valence-corrected chi connectivity index (χ2v) is 7.25. The lowest BCUT2D eigenvalue weighted by molar-refractivity contribution is 0.201. The molecule has 0 unspecified atom stereocenters. The van der Waals surface area contributed by atoms with Crippen LogP contribution in [0.15, 0.2) is 34.9 Å². The van der Waals surface area contributed by atoms with E-state index in [4.69, 9.17) is 4.52 Å². The molecule has 3 aromatic rings. The summed E-state index contributed by atoms with van der Waals surface area (Å²) in [6.07, 6.45) is 2.05. The summed E-state index contributed by atoms with van der Waals surface area (Å²) in [5, 5.41) is 18.3. The van der Waals surface area contributed by atoms with Gasteiger partial charge in [0.05, 0.1) is 11.4 Å². The number of aryl methyl sites for hydroxylation is 1. The fourth-order valence-corrected chi connectivity index (χ4v) is 4.05. The van der Waals surface area contributed by atoms with Crippen molar-refractivity contribution in [2.24, 2.45) is 0 Å². The second kappa shape index (κ2) is 6.93. The summed E-state index contributed by atoms with van der Waals surface area (Å²) in [4.78, 5) is 3.38. The Labute approximate surface area is 150 Å². The number of phenolic OH excluding ortho intramolecular Hbond substituents is 1. The number of hydrogen-bond donors (Lipinski definition) is 1. The Kier molecular flexibility index (Phi) is 4.50. The van der Waals surface area contributed by atoms with Crippen molar-refractivity contribution in [3.05, 3.63) is 47.3 Å². The number of piperidine rings is 1. The van der Waals surface area contributed by atoms with Crippen molar-refractivity contribution in [3.63, 3.8) is 0 Å². The van der Waals surface area contributed by atoms with Crippen LogP contribution in [-0.4, -0.2) is 37.8 Å². The Morgan fingerprint density at radius 1 is 1.28 bits per heavy atom. The second-order valence-electron chi connectivity index (χ2n) is 6.50. The summed E-state index contributed by atoms with van der Waals surface area (Å²) < 4.78 is 9.53. The van der Waals surface area contributed by atoms with E-state index in [1.54, 1.807) is 6.07 Å². The molecule has 0 saturated carbocycles. The van der Waals surface area contributed by atoms with Crippen LogP contribution in [0.3, 0.4) is 0 Å². The molecule has 25 heavy (non-hydrogen) atoms. The van der Waals surface area contributed by atoms with Crippen molar-refractivity contribution in [2.75, 3.05) is 13.1 Å². The number of hydrogen-bond acceptors (Lipinski definition) is 7. The monoisotopic (exact) mass is 356 g/mol. The minimum absolute atomic E-state index is 0.372. The lowest BCUT2D eigenvalue weighted by atomic mass is 9.92. The molecule has 0 amide bonds. The molecular formula is C18H20N4O2S. The van der Waals surface area contributed by atoms with E-state index in [-0.39, 0.29) is 0 Å². The van der Waals surface area contributed by atoms with Gasteiger partial charge in [0.1, 0.15) is 10.6 Å². The third kappa shape index (κ3) is 3.43. The Bertz CT molecular complexity index is 852. The van der Waals surface area contributed by atoms with E-state index in [0.29, 0.717) is 11.7 Å². The fraction of sp³-hybridized carbons (Fsp3) is 0.389. The average Bonchev–Trinajstić information content (AvgIpc) is 3.26. The van der Waals surface area contributed by atoms with E-state index in [2.05, 4.69) is 19.6 Å². The van der Waals surface area contributed by atoms with Crippen LogP contribution in [0.4, 0.5) is 0 Å². The third-order valence-electron chi connectivity index (χ3n) is 4.72. The first-order valence-electron chi connectivity index (χ1n) is 8.46. The van der Waals surface area contributed by atoms with E-state index in [1.807, 2.05) is 31.2 Å². The molecule has 2 aromatic heterocycles. The van der Waals surface area contributed by atoms with Crippen molar-refractivity contribution in [3.8, 4) is 16.4 Å². The molecule has 0 atom stereocenters. The highest BCUT2D eigenvalue weighted by Gasteiger charge is 2.27. The van der Waals surface area contributed by atoms with Gasteiger partial charge >= 0.3 is 0 Å². The molecule has 1 N–H and O–H groups in total. The number of aromatic hydroxyl groups is 1. The average molecular weight is 356 g/mol. The summed E-state index contributed by atoms with van der Waals surface area (Å²) in [6.45, 7) is 4.65. The first-order chi connectivity index (χ1) is 12.2. The van der Waals surface area contributed by atoms with Gasteiger partial charge in [0.15, 0.2) is 5.76 Å². The van der Waals surface area contributed by atoms with E-state index in [1.165, 1.54) is 11.5 Å². The molecule has 7 heteroatoms. The van der Waals surface area contributed by atoms with Crippen molar-refractivity contribution >= 4 is 11.5 Å². The normalized spacial score (nSPS) is 16.4. The predicted molar refractivity (Wildman–Crippen MR) is 95.5 cm³/mol. The molecule has 1 aromatic carbocycles. The molecule has 4 rings (SSSR count). The number of benzene rings is 1. The number of aromatic nitrogens is 3. The minimum Gasteiger partial charge on any atom is -0.508 e. The summed E-state index contributed by atoms with van der Waals surface area (Å²) >= 11 is 1.37. The topological polar surface area (TPSA) is 75.3 Å². The molecule has 0 aliphatic carbocycles. The van der Waals surface area contributed by atoms with Crippen LogP contribution < -0.4 is 0 Å². The molecule has 1 aliphatic rings. The number of rotatable bonds is 4. The van der Waals surface area contributed by atoms with Gasteiger partial charge in [-0.25, -0.2) is 0 Å². The molecule has 1 aliphatic heterocycles. The lowest BCUT2D eigenvalue weighted by Crippen LogP contribution is -2.32. The predicted octanol–water partition coefficient (Wildman–Crippen LogP) is 3.59. The standard InChI is InChI=1S/C18H20N4O2S/c1-12-10-16(24-20-12)18-17(19-21-25-18)13-6-8-22(9-7-13)11-14-4-2-3-5-15(14)23/h2-5,10,13,23H,6-9,11H2,1H3. The number of para-hydroxylation sites is 1. The van der Waals surface area contributed by atoms with Crippen molar-refractivity contribution in [2.45, 2.75) is 32.2 Å². The molecule has 0 radical (unpaired) electrons. The zero-order chi connectivity index (χ0) is 17.2. The Hall–Kier alpha value is -2.25. The van der Waals surface area contributed by atoms with Crippen LogP contribution in [0.1, 0.15) is 35.7 Å². The summed E-state index contributed by atoms with van der Waals surface area (Å²) in [6, 6.07) is 9.48. The lowest BCUT2D eigenvalue weighted by Gasteiger charge is -2.31. The van der Waals surface area contributed by atoms with Crippen LogP contribution in [0, 0.1) is 6.92 Å². The molecular weight excluding hydrogens is 336 g/mol. The first-order valence-corrected chi connectivity index (χ1v) is 9.23. The molecule has 0 spiro atoms. The Morgan fingerprint density at radius 3 is 2.80 bits per heavy atom. The summed E-state index contributed by atoms with van der Waals surface area (Å²) in [5.74, 6) is 1.52. The van der Waals surface area contributed by atoms with Crippen LogP contribution in [0.25, 0.3) is 10.6 Å². The van der Waals surface area contributed by atoms with Gasteiger partial charge in [-0.05, 0) is 50.5 Å². The SMILES string of the molecule is Cc1cc(-c2snnc2C2CCN(Cc3ccccc3O)CC2)on1. The van der Waals surface area contributed by atoms with Gasteiger partial charge in [0.25, 0.3) is 0 Å². The van der Waals surface area contributed by atoms with Gasteiger partial charge in [-0.2, -0.15) is 0 Å². The van der Waals surface area contributed by atoms with Crippen LogP contribution in [0.5, 0.6) is 5.75 Å². The maximum atomic E-state index is 9.95. The molecule has 130 valence electrons. The summed E-state index contributed by atoms with van der Waals surface area (Å²) in [7, 11) is 0. The first kappa shape index (κ1) is 16.2. The van der Waals surface area contributed by atoms with Crippen LogP contribution in [-0.2, 0) is 6.54 Å². The van der Waals surface area contributed by atoms with Gasteiger partial charge in [-0.1, -0.05) is 27.8 Å². The highest BCUT2D eigenvalue weighted by molar-refractivity contribution is 7.09. The molecule has 0 bridgehead atoms. The molecule has 6 nitrogen and oxygen atoms in total. The molecule has 3 heterocycles. The molecule has 1 saturated heterocycles.